The zero-order valence-electron chi connectivity index (χ0n) is 15.4. The summed E-state index contributed by atoms with van der Waals surface area (Å²) in [5.41, 5.74) is 2.23. The Morgan fingerprint density at radius 2 is 1.74 bits per heavy atom. The Morgan fingerprint density at radius 3 is 2.52 bits per heavy atom. The van der Waals surface area contributed by atoms with Crippen LogP contribution in [0, 0.1) is 5.82 Å². The normalized spacial score (nSPS) is 15.4. The number of aryl methyl sites for hydroxylation is 1. The fraction of sp³-hybridized carbons (Fsp3) is 0.333. The molecule has 1 aliphatic heterocycles. The fourth-order valence-corrected chi connectivity index (χ4v) is 3.68. The molecule has 1 saturated heterocycles. The van der Waals surface area contributed by atoms with Crippen molar-refractivity contribution in [3.8, 4) is 0 Å². The first kappa shape index (κ1) is 17.7. The van der Waals surface area contributed by atoms with Gasteiger partial charge in [0.15, 0.2) is 5.69 Å². The maximum absolute atomic E-state index is 13.7. The molecule has 1 fully saturated rings. The van der Waals surface area contributed by atoms with Crippen molar-refractivity contribution in [1.29, 1.82) is 0 Å². The zero-order chi connectivity index (χ0) is 18.8. The van der Waals surface area contributed by atoms with Gasteiger partial charge in [-0.25, -0.2) is 4.39 Å². The van der Waals surface area contributed by atoms with Crippen molar-refractivity contribution < 1.29 is 9.18 Å². The van der Waals surface area contributed by atoms with Gasteiger partial charge < -0.3 is 4.90 Å². The van der Waals surface area contributed by atoms with Crippen LogP contribution in [0.15, 0.2) is 48.5 Å². The summed E-state index contributed by atoms with van der Waals surface area (Å²) < 4.78 is 15.5. The van der Waals surface area contributed by atoms with Crippen LogP contribution in [0.4, 0.5) is 4.39 Å². The van der Waals surface area contributed by atoms with Gasteiger partial charge in [-0.3, -0.25) is 14.4 Å². The minimum Gasteiger partial charge on any atom is -0.335 e. The lowest BCUT2D eigenvalue weighted by Gasteiger charge is -2.34. The van der Waals surface area contributed by atoms with E-state index in [9.17, 15) is 9.18 Å². The van der Waals surface area contributed by atoms with E-state index in [1.807, 2.05) is 48.3 Å². The molecule has 1 amide bonds. The lowest BCUT2D eigenvalue weighted by molar-refractivity contribution is 0.0633. The number of nitrogens with zero attached hydrogens (tertiary/aromatic N) is 4. The summed E-state index contributed by atoms with van der Waals surface area (Å²) >= 11 is 0. The maximum Gasteiger partial charge on any atom is 0.275 e. The zero-order valence-corrected chi connectivity index (χ0v) is 15.4. The number of carbonyl (C=O) groups excluding carboxylic acids is 1. The summed E-state index contributed by atoms with van der Waals surface area (Å²) in [6.07, 6.45) is 0.686. The second kappa shape index (κ2) is 7.48. The van der Waals surface area contributed by atoms with Crippen LogP contribution in [0.1, 0.15) is 16.1 Å². The molecule has 4 rings (SSSR count). The highest BCUT2D eigenvalue weighted by atomic mass is 19.1. The van der Waals surface area contributed by atoms with Crippen molar-refractivity contribution in [1.82, 2.24) is 19.6 Å². The van der Waals surface area contributed by atoms with E-state index >= 15 is 0 Å². The number of amides is 1. The summed E-state index contributed by atoms with van der Waals surface area (Å²) in [5.74, 6) is -0.158. The van der Waals surface area contributed by atoms with Crippen molar-refractivity contribution in [2.24, 2.45) is 7.05 Å². The molecule has 0 radical (unpaired) electrons. The van der Waals surface area contributed by atoms with E-state index in [2.05, 4.69) is 10.00 Å². The molecular formula is C21H23FN4O. The number of para-hydroxylation sites is 1. The third-order valence-corrected chi connectivity index (χ3v) is 5.28. The van der Waals surface area contributed by atoms with Crippen LogP contribution < -0.4 is 0 Å². The molecule has 0 aliphatic carbocycles. The summed E-state index contributed by atoms with van der Waals surface area (Å²) in [5, 5.41) is 5.34. The number of aromatic nitrogens is 2. The molecule has 1 aliphatic rings. The van der Waals surface area contributed by atoms with Gasteiger partial charge in [0.25, 0.3) is 5.91 Å². The van der Waals surface area contributed by atoms with Crippen LogP contribution in [-0.2, 0) is 13.5 Å². The predicted molar refractivity (Wildman–Crippen MR) is 103 cm³/mol. The molecule has 27 heavy (non-hydrogen) atoms. The van der Waals surface area contributed by atoms with Gasteiger partial charge in [0.05, 0.1) is 5.52 Å². The molecule has 6 heteroatoms. The Morgan fingerprint density at radius 1 is 1.04 bits per heavy atom. The van der Waals surface area contributed by atoms with Gasteiger partial charge >= 0.3 is 0 Å². The van der Waals surface area contributed by atoms with Crippen LogP contribution in [0.25, 0.3) is 10.9 Å². The Bertz CT molecular complexity index is 960. The Hall–Kier alpha value is -2.73. The Kier molecular flexibility index (Phi) is 4.90. The first-order valence-corrected chi connectivity index (χ1v) is 9.30. The van der Waals surface area contributed by atoms with Crippen LogP contribution >= 0.6 is 0 Å². The number of rotatable bonds is 4. The van der Waals surface area contributed by atoms with Gasteiger partial charge in [-0.1, -0.05) is 36.4 Å². The minimum absolute atomic E-state index is 0.0134. The molecule has 0 bridgehead atoms. The lowest BCUT2D eigenvalue weighted by atomic mass is 10.1. The van der Waals surface area contributed by atoms with E-state index in [-0.39, 0.29) is 11.7 Å². The second-order valence-corrected chi connectivity index (χ2v) is 6.96. The highest BCUT2D eigenvalue weighted by molar-refractivity contribution is 6.04. The number of benzene rings is 2. The monoisotopic (exact) mass is 366 g/mol. The third kappa shape index (κ3) is 3.57. The molecule has 2 heterocycles. The number of piperazine rings is 1. The van der Waals surface area contributed by atoms with E-state index in [1.54, 1.807) is 10.7 Å². The molecule has 140 valence electrons. The molecule has 2 aromatic carbocycles. The van der Waals surface area contributed by atoms with Crippen LogP contribution in [-0.4, -0.2) is 58.2 Å². The van der Waals surface area contributed by atoms with Gasteiger partial charge in [-0.2, -0.15) is 5.10 Å². The van der Waals surface area contributed by atoms with E-state index < -0.39 is 0 Å². The van der Waals surface area contributed by atoms with E-state index in [0.717, 1.165) is 36.1 Å². The van der Waals surface area contributed by atoms with Crippen molar-refractivity contribution in [3.63, 3.8) is 0 Å². The number of hydrogen-bond donors (Lipinski definition) is 0. The Balaban J connectivity index is 1.37. The highest BCUT2D eigenvalue weighted by Gasteiger charge is 2.25. The van der Waals surface area contributed by atoms with Crippen molar-refractivity contribution in [3.05, 3.63) is 65.6 Å². The first-order valence-electron chi connectivity index (χ1n) is 9.30. The van der Waals surface area contributed by atoms with Crippen molar-refractivity contribution >= 4 is 16.8 Å². The smallest absolute Gasteiger partial charge is 0.275 e. The lowest BCUT2D eigenvalue weighted by Crippen LogP contribution is -2.49. The molecule has 5 nitrogen and oxygen atoms in total. The van der Waals surface area contributed by atoms with Gasteiger partial charge in [-0.15, -0.1) is 0 Å². The topological polar surface area (TPSA) is 41.4 Å². The van der Waals surface area contributed by atoms with E-state index in [4.69, 9.17) is 0 Å². The van der Waals surface area contributed by atoms with Gasteiger partial charge in [0, 0.05) is 45.2 Å². The standard InChI is InChI=1S/C21H23FN4O/c1-24-19-9-5-3-7-17(19)20(23-24)21(27)26-14-12-25(13-15-26)11-10-16-6-2-4-8-18(16)22/h2-9H,10-15H2,1H3. The first-order chi connectivity index (χ1) is 13.1. The minimum atomic E-state index is -0.145. The van der Waals surface area contributed by atoms with Gasteiger partial charge in [-0.05, 0) is 24.1 Å². The van der Waals surface area contributed by atoms with Crippen LogP contribution in [0.5, 0.6) is 0 Å². The molecule has 0 atom stereocenters. The number of fused-ring (bicyclic) bond motifs is 1. The maximum atomic E-state index is 13.7. The SMILES string of the molecule is Cn1nc(C(=O)N2CCN(CCc3ccccc3F)CC2)c2ccccc21. The quantitative estimate of drug-likeness (QED) is 0.713. The van der Waals surface area contributed by atoms with Gasteiger partial charge in [0.2, 0.25) is 0 Å². The van der Waals surface area contributed by atoms with Crippen molar-refractivity contribution in [2.75, 3.05) is 32.7 Å². The number of halogens is 1. The van der Waals surface area contributed by atoms with E-state index in [1.165, 1.54) is 6.07 Å². The Labute approximate surface area is 158 Å². The van der Waals surface area contributed by atoms with Crippen LogP contribution in [0.2, 0.25) is 0 Å². The molecule has 0 saturated carbocycles. The van der Waals surface area contributed by atoms with E-state index in [0.29, 0.717) is 25.2 Å². The fourth-order valence-electron chi connectivity index (χ4n) is 3.68. The number of hydrogen-bond acceptors (Lipinski definition) is 3. The highest BCUT2D eigenvalue weighted by Crippen LogP contribution is 2.19. The summed E-state index contributed by atoms with van der Waals surface area (Å²) in [7, 11) is 1.86. The molecule has 1 aromatic heterocycles. The largest absolute Gasteiger partial charge is 0.335 e. The molecule has 3 aromatic rings. The second-order valence-electron chi connectivity index (χ2n) is 6.96. The predicted octanol–water partition coefficient (Wildman–Crippen LogP) is 2.71. The number of carbonyl (C=O) groups is 1. The van der Waals surface area contributed by atoms with Crippen LogP contribution in [0.3, 0.4) is 0 Å². The summed E-state index contributed by atoms with van der Waals surface area (Å²) in [6, 6.07) is 14.7. The molecule has 0 unspecified atom stereocenters. The average molecular weight is 366 g/mol. The molecule has 0 spiro atoms. The molecular weight excluding hydrogens is 343 g/mol. The average Bonchev–Trinajstić information content (AvgIpc) is 3.04. The third-order valence-electron chi connectivity index (χ3n) is 5.28. The summed E-state index contributed by atoms with van der Waals surface area (Å²) in [4.78, 5) is 17.1. The molecule has 0 N–H and O–H groups in total. The van der Waals surface area contributed by atoms with Gasteiger partial charge in [0.1, 0.15) is 5.82 Å². The van der Waals surface area contributed by atoms with Crippen molar-refractivity contribution in [2.45, 2.75) is 6.42 Å². The summed E-state index contributed by atoms with van der Waals surface area (Å²) in [6.45, 7) is 3.73.